The summed E-state index contributed by atoms with van der Waals surface area (Å²) >= 11 is 3.77. The first kappa shape index (κ1) is 11.1. The number of rotatable bonds is 5. The van der Waals surface area contributed by atoms with E-state index < -0.39 is 0 Å². The second-order valence-electron chi connectivity index (χ2n) is 3.12. The maximum Gasteiger partial charge on any atom is 0.0386 e. The minimum Gasteiger partial charge on any atom is -0.309 e. The highest BCUT2D eigenvalue weighted by Gasteiger charge is 2.05. The highest BCUT2D eigenvalue weighted by molar-refractivity contribution is 7.98. The van der Waals surface area contributed by atoms with Crippen LogP contribution in [0.5, 0.6) is 0 Å². The highest BCUT2D eigenvalue weighted by Crippen LogP contribution is 2.21. The molecule has 1 aromatic heterocycles. The molecule has 1 rings (SSSR count). The Morgan fingerprint density at radius 1 is 1.54 bits per heavy atom. The summed E-state index contributed by atoms with van der Waals surface area (Å²) in [5.41, 5.74) is 0. The zero-order valence-electron chi connectivity index (χ0n) is 8.46. The van der Waals surface area contributed by atoms with Crippen molar-refractivity contribution in [2.75, 3.05) is 18.6 Å². The second-order valence-corrected chi connectivity index (χ2v) is 5.42. The summed E-state index contributed by atoms with van der Waals surface area (Å²) in [4.78, 5) is 2.84. The molecule has 0 bridgehead atoms. The third-order valence-electron chi connectivity index (χ3n) is 1.94. The molecule has 1 unspecified atom stereocenters. The Bertz CT molecular complexity index is 245. The van der Waals surface area contributed by atoms with Crippen molar-refractivity contribution in [3.8, 4) is 0 Å². The molecule has 0 amide bonds. The van der Waals surface area contributed by atoms with E-state index in [0.29, 0.717) is 6.04 Å². The SMILES string of the molecule is CSCCNC(C)c1ccc(C)s1. The Labute approximate surface area is 88.9 Å². The maximum atomic E-state index is 3.50. The van der Waals surface area contributed by atoms with Crippen LogP contribution in [-0.4, -0.2) is 18.6 Å². The molecule has 0 aliphatic carbocycles. The van der Waals surface area contributed by atoms with Gasteiger partial charge < -0.3 is 5.32 Å². The fraction of sp³-hybridized carbons (Fsp3) is 0.600. The largest absolute Gasteiger partial charge is 0.309 e. The maximum absolute atomic E-state index is 3.50. The van der Waals surface area contributed by atoms with Gasteiger partial charge in [0.15, 0.2) is 0 Å². The third kappa shape index (κ3) is 3.71. The highest BCUT2D eigenvalue weighted by atomic mass is 32.2. The van der Waals surface area contributed by atoms with Crippen LogP contribution in [0.1, 0.15) is 22.7 Å². The Kier molecular flexibility index (Phi) is 4.84. The van der Waals surface area contributed by atoms with Crippen molar-refractivity contribution < 1.29 is 0 Å². The summed E-state index contributed by atoms with van der Waals surface area (Å²) < 4.78 is 0. The average molecular weight is 215 g/mol. The van der Waals surface area contributed by atoms with Gasteiger partial charge in [-0.15, -0.1) is 11.3 Å². The monoisotopic (exact) mass is 215 g/mol. The van der Waals surface area contributed by atoms with E-state index >= 15 is 0 Å². The number of aryl methyl sites for hydroxylation is 1. The van der Waals surface area contributed by atoms with Crippen LogP contribution >= 0.6 is 23.1 Å². The summed E-state index contributed by atoms with van der Waals surface area (Å²) in [6.45, 7) is 5.48. The molecule has 0 fully saturated rings. The molecule has 1 N–H and O–H groups in total. The summed E-state index contributed by atoms with van der Waals surface area (Å²) in [6.07, 6.45) is 2.14. The summed E-state index contributed by atoms with van der Waals surface area (Å²) in [5, 5.41) is 3.50. The van der Waals surface area contributed by atoms with Gasteiger partial charge in [0.1, 0.15) is 0 Å². The van der Waals surface area contributed by atoms with Gasteiger partial charge in [-0.1, -0.05) is 0 Å². The van der Waals surface area contributed by atoms with Crippen molar-refractivity contribution in [3.63, 3.8) is 0 Å². The Hall–Kier alpha value is 0.01000. The number of thioether (sulfide) groups is 1. The van der Waals surface area contributed by atoms with E-state index in [0.717, 1.165) is 6.54 Å². The molecule has 1 heterocycles. The van der Waals surface area contributed by atoms with Crippen LogP contribution in [0.15, 0.2) is 12.1 Å². The van der Waals surface area contributed by atoms with Gasteiger partial charge in [0, 0.05) is 28.1 Å². The second kappa shape index (κ2) is 5.68. The molecular formula is C10H17NS2. The van der Waals surface area contributed by atoms with Gasteiger partial charge in [0.2, 0.25) is 0 Å². The normalized spacial score (nSPS) is 13.2. The van der Waals surface area contributed by atoms with Crippen molar-refractivity contribution in [2.24, 2.45) is 0 Å². The Morgan fingerprint density at radius 3 is 2.85 bits per heavy atom. The van der Waals surface area contributed by atoms with Gasteiger partial charge in [-0.2, -0.15) is 11.8 Å². The quantitative estimate of drug-likeness (QED) is 0.758. The van der Waals surface area contributed by atoms with E-state index in [2.05, 4.69) is 37.6 Å². The van der Waals surface area contributed by atoms with Crippen molar-refractivity contribution >= 4 is 23.1 Å². The Balaban J connectivity index is 2.35. The van der Waals surface area contributed by atoms with Crippen molar-refractivity contribution in [2.45, 2.75) is 19.9 Å². The molecule has 0 aliphatic rings. The molecule has 0 saturated heterocycles. The molecule has 0 aliphatic heterocycles. The van der Waals surface area contributed by atoms with Crippen LogP contribution in [-0.2, 0) is 0 Å². The first-order chi connectivity index (χ1) is 6.24. The van der Waals surface area contributed by atoms with Crippen molar-refractivity contribution in [1.82, 2.24) is 5.32 Å². The molecule has 0 aromatic carbocycles. The van der Waals surface area contributed by atoms with Gasteiger partial charge in [0.25, 0.3) is 0 Å². The molecule has 74 valence electrons. The Morgan fingerprint density at radius 2 is 2.31 bits per heavy atom. The van der Waals surface area contributed by atoms with Crippen LogP contribution < -0.4 is 5.32 Å². The fourth-order valence-corrected chi connectivity index (χ4v) is 2.39. The predicted molar refractivity (Wildman–Crippen MR) is 63.9 cm³/mol. The fourth-order valence-electron chi connectivity index (χ4n) is 1.16. The third-order valence-corrected chi connectivity index (χ3v) is 3.74. The topological polar surface area (TPSA) is 12.0 Å². The van der Waals surface area contributed by atoms with E-state index in [1.165, 1.54) is 15.5 Å². The van der Waals surface area contributed by atoms with Crippen molar-refractivity contribution in [3.05, 3.63) is 21.9 Å². The molecule has 1 nitrogen and oxygen atoms in total. The number of hydrogen-bond acceptors (Lipinski definition) is 3. The van der Waals surface area contributed by atoms with E-state index in [4.69, 9.17) is 0 Å². The van der Waals surface area contributed by atoms with Crippen LogP contribution in [0.4, 0.5) is 0 Å². The van der Waals surface area contributed by atoms with Gasteiger partial charge in [0.05, 0.1) is 0 Å². The number of hydrogen-bond donors (Lipinski definition) is 1. The van der Waals surface area contributed by atoms with Gasteiger partial charge in [-0.05, 0) is 32.2 Å². The molecule has 1 atom stereocenters. The molecule has 13 heavy (non-hydrogen) atoms. The summed E-state index contributed by atoms with van der Waals surface area (Å²) in [6, 6.07) is 4.91. The van der Waals surface area contributed by atoms with Crippen LogP contribution in [0.2, 0.25) is 0 Å². The van der Waals surface area contributed by atoms with Gasteiger partial charge >= 0.3 is 0 Å². The lowest BCUT2D eigenvalue weighted by Crippen LogP contribution is -2.20. The zero-order valence-corrected chi connectivity index (χ0v) is 10.1. The van der Waals surface area contributed by atoms with Gasteiger partial charge in [-0.25, -0.2) is 0 Å². The molecule has 0 spiro atoms. The van der Waals surface area contributed by atoms with Gasteiger partial charge in [-0.3, -0.25) is 0 Å². The number of thiophene rings is 1. The van der Waals surface area contributed by atoms with E-state index in [1.807, 2.05) is 23.1 Å². The molecule has 0 radical (unpaired) electrons. The lowest BCUT2D eigenvalue weighted by molar-refractivity contribution is 0.610. The molecular weight excluding hydrogens is 198 g/mol. The lowest BCUT2D eigenvalue weighted by atomic mass is 10.3. The summed E-state index contributed by atoms with van der Waals surface area (Å²) in [5.74, 6) is 1.19. The van der Waals surface area contributed by atoms with E-state index in [9.17, 15) is 0 Å². The van der Waals surface area contributed by atoms with Crippen molar-refractivity contribution in [1.29, 1.82) is 0 Å². The average Bonchev–Trinajstić information content (AvgIpc) is 2.52. The van der Waals surface area contributed by atoms with Crippen LogP contribution in [0.3, 0.4) is 0 Å². The zero-order chi connectivity index (χ0) is 9.68. The van der Waals surface area contributed by atoms with E-state index in [1.54, 1.807) is 0 Å². The summed E-state index contributed by atoms with van der Waals surface area (Å²) in [7, 11) is 0. The first-order valence-corrected chi connectivity index (χ1v) is 6.73. The smallest absolute Gasteiger partial charge is 0.0386 e. The minimum absolute atomic E-state index is 0.505. The lowest BCUT2D eigenvalue weighted by Gasteiger charge is -2.10. The van der Waals surface area contributed by atoms with E-state index in [-0.39, 0.29) is 0 Å². The van der Waals surface area contributed by atoms with Crippen LogP contribution in [0.25, 0.3) is 0 Å². The molecule has 1 aromatic rings. The standard InChI is InChI=1S/C10H17NS2/c1-8-4-5-10(13-8)9(2)11-6-7-12-3/h4-5,9,11H,6-7H2,1-3H3. The minimum atomic E-state index is 0.505. The van der Waals surface area contributed by atoms with Crippen LogP contribution in [0, 0.1) is 6.92 Å². The predicted octanol–water partition coefficient (Wildman–Crippen LogP) is 3.07. The first-order valence-electron chi connectivity index (χ1n) is 4.52. The molecule has 0 saturated carbocycles. The molecule has 3 heteroatoms. The number of nitrogens with one attached hydrogen (secondary N) is 1.